The Kier molecular flexibility index (Phi) is 3.12. The van der Waals surface area contributed by atoms with E-state index in [4.69, 9.17) is 18.0 Å². The average Bonchev–Trinajstić information content (AvgIpc) is 2.99. The van der Waals surface area contributed by atoms with Gasteiger partial charge in [0.1, 0.15) is 11.6 Å². The zero-order valence-electron chi connectivity index (χ0n) is 11.7. The molecule has 2 aromatic heterocycles. The van der Waals surface area contributed by atoms with Gasteiger partial charge >= 0.3 is 0 Å². The second kappa shape index (κ2) is 5.03. The molecule has 0 saturated carbocycles. The second-order valence-corrected chi connectivity index (χ2v) is 6.83. The van der Waals surface area contributed by atoms with Gasteiger partial charge in [0.25, 0.3) is 0 Å². The molecule has 4 N–H and O–H groups in total. The minimum absolute atomic E-state index is 0.154. The highest BCUT2D eigenvalue weighted by molar-refractivity contribution is 7.71. The van der Waals surface area contributed by atoms with Crippen molar-refractivity contribution in [2.75, 3.05) is 11.1 Å². The van der Waals surface area contributed by atoms with Crippen LogP contribution < -0.4 is 11.1 Å². The van der Waals surface area contributed by atoms with Crippen molar-refractivity contribution < 1.29 is 4.79 Å². The number of ketones is 1. The van der Waals surface area contributed by atoms with Gasteiger partial charge in [-0.2, -0.15) is 0 Å². The third-order valence-corrected chi connectivity index (χ3v) is 5.26. The van der Waals surface area contributed by atoms with Crippen molar-refractivity contribution >= 4 is 41.0 Å². The van der Waals surface area contributed by atoms with Crippen LogP contribution in [0.25, 0.3) is 0 Å². The number of allylic oxidation sites excluding steroid dienone is 2. The van der Waals surface area contributed by atoms with Gasteiger partial charge in [-0.15, -0.1) is 11.3 Å². The fourth-order valence-electron chi connectivity index (χ4n) is 3.24. The molecule has 5 nitrogen and oxygen atoms in total. The number of carbonyl (C=O) groups is 1. The van der Waals surface area contributed by atoms with Gasteiger partial charge in [0, 0.05) is 28.1 Å². The van der Waals surface area contributed by atoms with Gasteiger partial charge in [0.2, 0.25) is 0 Å². The summed E-state index contributed by atoms with van der Waals surface area (Å²) in [6.45, 7) is 0. The van der Waals surface area contributed by atoms with E-state index in [1.54, 1.807) is 11.3 Å². The molecule has 0 spiro atoms. The summed E-state index contributed by atoms with van der Waals surface area (Å²) in [5, 5.41) is 5.30. The molecule has 2 aliphatic rings. The minimum atomic E-state index is -0.154. The highest BCUT2D eigenvalue weighted by Crippen LogP contribution is 2.47. The molecule has 0 radical (unpaired) electrons. The lowest BCUT2D eigenvalue weighted by Gasteiger charge is -2.33. The molecule has 0 aromatic carbocycles. The molecular formula is C15H14N4OS2. The van der Waals surface area contributed by atoms with Crippen LogP contribution >= 0.6 is 23.6 Å². The van der Waals surface area contributed by atoms with Crippen LogP contribution in [0.1, 0.15) is 35.6 Å². The first-order valence-electron chi connectivity index (χ1n) is 7.11. The Bertz CT molecular complexity index is 851. The standard InChI is InChI=1S/C15H14N4OS2/c16-13-12-11(9-5-2-6-22-9)10-7(3-1-4-8(10)20)17-14(12)19-15(21)18-13/h2,5-6,11H,1,3-4H2,(H4,16,17,18,19,21). The smallest absolute Gasteiger partial charge is 0.200 e. The monoisotopic (exact) mass is 330 g/mol. The molecule has 0 fully saturated rings. The summed E-state index contributed by atoms with van der Waals surface area (Å²) in [7, 11) is 0. The van der Waals surface area contributed by atoms with E-state index in [-0.39, 0.29) is 11.7 Å². The average molecular weight is 330 g/mol. The maximum atomic E-state index is 12.5. The second-order valence-electron chi connectivity index (χ2n) is 5.46. The summed E-state index contributed by atoms with van der Waals surface area (Å²) < 4.78 is 0.347. The van der Waals surface area contributed by atoms with Gasteiger partial charge in [-0.05, 0) is 36.5 Å². The summed E-state index contributed by atoms with van der Waals surface area (Å²) in [4.78, 5) is 20.9. The van der Waals surface area contributed by atoms with Crippen LogP contribution in [0.5, 0.6) is 0 Å². The van der Waals surface area contributed by atoms with Gasteiger partial charge in [0.05, 0.1) is 5.92 Å². The van der Waals surface area contributed by atoms with Crippen LogP contribution in [0.15, 0.2) is 28.8 Å². The zero-order valence-corrected chi connectivity index (χ0v) is 13.3. The lowest BCUT2D eigenvalue weighted by atomic mass is 9.79. The molecule has 3 heterocycles. The molecule has 0 bridgehead atoms. The normalized spacial score (nSPS) is 20.4. The van der Waals surface area contributed by atoms with Gasteiger partial charge in [-0.1, -0.05) is 6.07 Å². The van der Waals surface area contributed by atoms with E-state index < -0.39 is 0 Å². The summed E-state index contributed by atoms with van der Waals surface area (Å²) in [5.41, 5.74) is 8.80. The van der Waals surface area contributed by atoms with Crippen LogP contribution in [-0.4, -0.2) is 15.8 Å². The summed E-state index contributed by atoms with van der Waals surface area (Å²) in [6, 6.07) is 4.03. The third kappa shape index (κ3) is 2.00. The molecule has 1 atom stereocenters. The van der Waals surface area contributed by atoms with Crippen molar-refractivity contribution in [2.24, 2.45) is 0 Å². The number of nitrogens with two attached hydrogens (primary N) is 1. The number of fused-ring (bicyclic) bond motifs is 1. The Labute approximate surface area is 136 Å². The highest BCUT2D eigenvalue weighted by Gasteiger charge is 2.37. The number of hydrogen-bond donors (Lipinski definition) is 3. The van der Waals surface area contributed by atoms with Crippen LogP contribution in [-0.2, 0) is 4.79 Å². The van der Waals surface area contributed by atoms with Gasteiger partial charge in [-0.25, -0.2) is 4.98 Å². The Morgan fingerprint density at radius 1 is 1.41 bits per heavy atom. The third-order valence-electron chi connectivity index (χ3n) is 4.13. The fourth-order valence-corrected chi connectivity index (χ4v) is 4.29. The van der Waals surface area contributed by atoms with Crippen molar-refractivity contribution in [1.29, 1.82) is 0 Å². The number of aromatic amines is 1. The number of nitrogen functional groups attached to an aromatic ring is 1. The molecule has 1 unspecified atom stereocenters. The number of H-pyrrole nitrogens is 1. The van der Waals surface area contributed by atoms with Gasteiger partial charge in [-0.3, -0.25) is 4.79 Å². The molecule has 1 aliphatic heterocycles. The minimum Gasteiger partial charge on any atom is -0.385 e. The van der Waals surface area contributed by atoms with E-state index in [1.165, 1.54) is 0 Å². The number of thiophene rings is 1. The maximum Gasteiger partial charge on any atom is 0.200 e. The highest BCUT2D eigenvalue weighted by atomic mass is 32.1. The molecule has 4 rings (SSSR count). The van der Waals surface area contributed by atoms with Crippen LogP contribution in [0.3, 0.4) is 0 Å². The van der Waals surface area contributed by atoms with Crippen molar-refractivity contribution in [3.63, 3.8) is 0 Å². The number of nitrogens with zero attached hydrogens (tertiary/aromatic N) is 1. The predicted molar refractivity (Wildman–Crippen MR) is 89.5 cm³/mol. The summed E-state index contributed by atoms with van der Waals surface area (Å²) in [6.07, 6.45) is 2.32. The van der Waals surface area contributed by atoms with Crippen LogP contribution in [0, 0.1) is 4.77 Å². The van der Waals surface area contributed by atoms with Crippen LogP contribution in [0.4, 0.5) is 11.6 Å². The van der Waals surface area contributed by atoms with E-state index in [9.17, 15) is 4.79 Å². The maximum absolute atomic E-state index is 12.5. The Balaban J connectivity index is 2.01. The lowest BCUT2D eigenvalue weighted by Crippen LogP contribution is -2.28. The van der Waals surface area contributed by atoms with E-state index in [1.807, 2.05) is 17.5 Å². The van der Waals surface area contributed by atoms with Crippen molar-refractivity contribution in [1.82, 2.24) is 9.97 Å². The first-order valence-corrected chi connectivity index (χ1v) is 8.40. The largest absolute Gasteiger partial charge is 0.385 e. The van der Waals surface area contributed by atoms with E-state index in [2.05, 4.69) is 15.3 Å². The first-order chi connectivity index (χ1) is 10.6. The molecule has 7 heteroatoms. The number of aromatic nitrogens is 2. The van der Waals surface area contributed by atoms with Crippen molar-refractivity contribution in [3.05, 3.63) is 44.0 Å². The van der Waals surface area contributed by atoms with Crippen molar-refractivity contribution in [2.45, 2.75) is 25.2 Å². The Morgan fingerprint density at radius 2 is 2.27 bits per heavy atom. The van der Waals surface area contributed by atoms with Gasteiger partial charge in [0.15, 0.2) is 10.6 Å². The lowest BCUT2D eigenvalue weighted by molar-refractivity contribution is -0.116. The number of rotatable bonds is 1. The number of nitrogens with one attached hydrogen (secondary N) is 2. The van der Waals surface area contributed by atoms with Crippen LogP contribution in [0.2, 0.25) is 0 Å². The first kappa shape index (κ1) is 13.7. The topological polar surface area (TPSA) is 83.8 Å². The number of hydrogen-bond acceptors (Lipinski definition) is 6. The molecule has 2 aromatic rings. The quantitative estimate of drug-likeness (QED) is 0.698. The number of Topliss-reactive ketones (excluding diaryl/α,β-unsaturated/α-hetero) is 1. The number of carbonyl (C=O) groups excluding carboxylic acids is 1. The summed E-state index contributed by atoms with van der Waals surface area (Å²) >= 11 is 6.75. The van der Waals surface area contributed by atoms with Crippen molar-refractivity contribution in [3.8, 4) is 0 Å². The van der Waals surface area contributed by atoms with E-state index in [0.29, 0.717) is 22.8 Å². The Hall–Kier alpha value is -1.99. The Morgan fingerprint density at radius 3 is 3.05 bits per heavy atom. The molecule has 0 saturated heterocycles. The molecule has 1 aliphatic carbocycles. The zero-order chi connectivity index (χ0) is 15.3. The molecular weight excluding hydrogens is 316 g/mol. The van der Waals surface area contributed by atoms with Gasteiger partial charge < -0.3 is 16.0 Å². The fraction of sp³-hybridized carbons (Fsp3) is 0.267. The summed E-state index contributed by atoms with van der Waals surface area (Å²) in [5.74, 6) is 1.19. The van der Waals surface area contributed by atoms with E-state index >= 15 is 0 Å². The number of anilines is 2. The molecule has 22 heavy (non-hydrogen) atoms. The predicted octanol–water partition coefficient (Wildman–Crippen LogP) is 3.35. The van der Waals surface area contributed by atoms with E-state index in [0.717, 1.165) is 34.6 Å². The SMILES string of the molecule is Nc1[nH]c(=S)nc2c1C(c1cccs1)C1=C(CCCC1=O)N2. The molecule has 0 amide bonds. The molecule has 112 valence electrons.